The SMILES string of the molecule is CCOCCC1(CNC(=NC)NC2CCc3nc(COC)nn3C2)CCCC1. The van der Waals surface area contributed by atoms with Crippen LogP contribution in [0.25, 0.3) is 0 Å². The maximum Gasteiger partial charge on any atom is 0.191 e. The zero-order chi connectivity index (χ0) is 19.8. The van der Waals surface area contributed by atoms with Crippen molar-refractivity contribution in [3.05, 3.63) is 11.6 Å². The summed E-state index contributed by atoms with van der Waals surface area (Å²) in [5, 5.41) is 11.7. The fourth-order valence-corrected chi connectivity index (χ4v) is 4.40. The number of nitrogens with zero attached hydrogens (tertiary/aromatic N) is 4. The molecule has 0 radical (unpaired) electrons. The predicted octanol–water partition coefficient (Wildman–Crippen LogP) is 1.89. The van der Waals surface area contributed by atoms with Gasteiger partial charge in [-0.3, -0.25) is 4.99 Å². The van der Waals surface area contributed by atoms with Gasteiger partial charge in [0.05, 0.1) is 6.54 Å². The van der Waals surface area contributed by atoms with Crippen molar-refractivity contribution < 1.29 is 9.47 Å². The number of aromatic nitrogens is 3. The van der Waals surface area contributed by atoms with E-state index in [-0.39, 0.29) is 0 Å². The van der Waals surface area contributed by atoms with E-state index in [1.165, 1.54) is 25.7 Å². The monoisotopic (exact) mass is 392 g/mol. The van der Waals surface area contributed by atoms with Crippen LogP contribution in [0.15, 0.2) is 4.99 Å². The summed E-state index contributed by atoms with van der Waals surface area (Å²) in [6, 6.07) is 0.304. The van der Waals surface area contributed by atoms with E-state index in [1.807, 2.05) is 11.7 Å². The molecule has 1 aliphatic heterocycles. The van der Waals surface area contributed by atoms with Crippen LogP contribution in [-0.4, -0.2) is 60.7 Å². The summed E-state index contributed by atoms with van der Waals surface area (Å²) in [6.07, 6.45) is 8.27. The fourth-order valence-electron chi connectivity index (χ4n) is 4.40. The molecule has 0 spiro atoms. The number of rotatable bonds is 9. The number of aliphatic imine (C=N–C) groups is 1. The third-order valence-corrected chi connectivity index (χ3v) is 6.02. The van der Waals surface area contributed by atoms with Crippen LogP contribution in [0.2, 0.25) is 0 Å². The summed E-state index contributed by atoms with van der Waals surface area (Å²) in [7, 11) is 3.52. The molecular formula is C20H36N6O2. The minimum absolute atomic E-state index is 0.304. The van der Waals surface area contributed by atoms with Gasteiger partial charge < -0.3 is 20.1 Å². The Balaban J connectivity index is 1.51. The first kappa shape index (κ1) is 21.0. The van der Waals surface area contributed by atoms with Gasteiger partial charge in [-0.1, -0.05) is 12.8 Å². The van der Waals surface area contributed by atoms with Gasteiger partial charge >= 0.3 is 0 Å². The van der Waals surface area contributed by atoms with Crippen LogP contribution < -0.4 is 10.6 Å². The Morgan fingerprint density at radius 1 is 1.36 bits per heavy atom. The summed E-state index contributed by atoms with van der Waals surface area (Å²) in [5.41, 5.74) is 0.341. The van der Waals surface area contributed by atoms with Crippen LogP contribution in [0.4, 0.5) is 0 Å². The van der Waals surface area contributed by atoms with Crippen molar-refractivity contribution in [3.8, 4) is 0 Å². The molecule has 8 nitrogen and oxygen atoms in total. The molecule has 1 aromatic heterocycles. The Morgan fingerprint density at radius 3 is 2.89 bits per heavy atom. The highest BCUT2D eigenvalue weighted by atomic mass is 16.5. The second kappa shape index (κ2) is 10.2. The third kappa shape index (κ3) is 5.44. The first-order chi connectivity index (χ1) is 13.7. The molecule has 0 bridgehead atoms. The smallest absolute Gasteiger partial charge is 0.191 e. The maximum atomic E-state index is 5.63. The number of hydrogen-bond donors (Lipinski definition) is 2. The number of hydrogen-bond acceptors (Lipinski definition) is 5. The lowest BCUT2D eigenvalue weighted by Crippen LogP contribution is -2.49. The summed E-state index contributed by atoms with van der Waals surface area (Å²) in [4.78, 5) is 9.01. The van der Waals surface area contributed by atoms with Crippen LogP contribution in [0.1, 0.15) is 57.1 Å². The van der Waals surface area contributed by atoms with E-state index in [1.54, 1.807) is 7.11 Å². The standard InChI is InChI=1S/C20H36N6O2/c1-4-28-12-11-20(9-5-6-10-20)15-22-19(21-2)23-16-7-8-18-24-17(14-27-3)25-26(18)13-16/h16H,4-15H2,1-3H3,(H2,21,22,23). The van der Waals surface area contributed by atoms with Crippen molar-refractivity contribution in [2.45, 2.75) is 71.1 Å². The normalized spacial score (nSPS) is 21.5. The maximum absolute atomic E-state index is 5.63. The van der Waals surface area contributed by atoms with Gasteiger partial charge in [0.1, 0.15) is 12.4 Å². The van der Waals surface area contributed by atoms with Gasteiger partial charge in [0.2, 0.25) is 0 Å². The molecule has 0 aromatic carbocycles. The highest BCUT2D eigenvalue weighted by Gasteiger charge is 2.33. The second-order valence-electron chi connectivity index (χ2n) is 8.02. The van der Waals surface area contributed by atoms with E-state index in [4.69, 9.17) is 9.47 Å². The molecule has 1 atom stereocenters. The summed E-state index contributed by atoms with van der Waals surface area (Å²) >= 11 is 0. The summed E-state index contributed by atoms with van der Waals surface area (Å²) in [5.74, 6) is 2.69. The van der Waals surface area contributed by atoms with E-state index in [9.17, 15) is 0 Å². The first-order valence-corrected chi connectivity index (χ1v) is 10.6. The van der Waals surface area contributed by atoms with Crippen LogP contribution in [0.5, 0.6) is 0 Å². The average molecular weight is 393 g/mol. The number of guanidine groups is 1. The molecular weight excluding hydrogens is 356 g/mol. The molecule has 2 aliphatic rings. The minimum Gasteiger partial charge on any atom is -0.382 e. The minimum atomic E-state index is 0.304. The van der Waals surface area contributed by atoms with Gasteiger partial charge in [0.15, 0.2) is 11.8 Å². The molecule has 1 aliphatic carbocycles. The Morgan fingerprint density at radius 2 is 2.18 bits per heavy atom. The van der Waals surface area contributed by atoms with E-state index in [0.717, 1.165) is 63.2 Å². The van der Waals surface area contributed by atoms with Crippen molar-refractivity contribution in [2.75, 3.05) is 33.9 Å². The third-order valence-electron chi connectivity index (χ3n) is 6.02. The highest BCUT2D eigenvalue weighted by Crippen LogP contribution is 2.40. The quantitative estimate of drug-likeness (QED) is 0.379. The number of nitrogens with one attached hydrogen (secondary N) is 2. The Kier molecular flexibility index (Phi) is 7.67. The predicted molar refractivity (Wildman–Crippen MR) is 109 cm³/mol. The average Bonchev–Trinajstić information content (AvgIpc) is 3.32. The lowest BCUT2D eigenvalue weighted by molar-refractivity contribution is 0.105. The van der Waals surface area contributed by atoms with E-state index < -0.39 is 0 Å². The van der Waals surface area contributed by atoms with Crippen molar-refractivity contribution in [2.24, 2.45) is 10.4 Å². The Bertz CT molecular complexity index is 639. The zero-order valence-corrected chi connectivity index (χ0v) is 17.7. The number of methoxy groups -OCH3 is 1. The molecule has 0 saturated heterocycles. The van der Waals surface area contributed by atoms with Crippen molar-refractivity contribution in [3.63, 3.8) is 0 Å². The molecule has 1 fully saturated rings. The van der Waals surface area contributed by atoms with Gasteiger partial charge in [-0.05, 0) is 38.0 Å². The number of fused-ring (bicyclic) bond motifs is 1. The zero-order valence-electron chi connectivity index (χ0n) is 17.7. The highest BCUT2D eigenvalue weighted by molar-refractivity contribution is 5.80. The summed E-state index contributed by atoms with van der Waals surface area (Å²) < 4.78 is 12.8. The molecule has 28 heavy (non-hydrogen) atoms. The lowest BCUT2D eigenvalue weighted by atomic mass is 9.83. The molecule has 158 valence electrons. The lowest BCUT2D eigenvalue weighted by Gasteiger charge is -2.31. The van der Waals surface area contributed by atoms with Crippen molar-refractivity contribution in [1.82, 2.24) is 25.4 Å². The molecule has 3 rings (SSSR count). The van der Waals surface area contributed by atoms with Gasteiger partial charge in [-0.25, -0.2) is 9.67 Å². The van der Waals surface area contributed by atoms with E-state index in [2.05, 4.69) is 32.6 Å². The molecule has 0 amide bonds. The molecule has 1 saturated carbocycles. The van der Waals surface area contributed by atoms with Gasteiger partial charge in [-0.2, -0.15) is 5.10 Å². The van der Waals surface area contributed by atoms with Crippen LogP contribution >= 0.6 is 0 Å². The van der Waals surface area contributed by atoms with Gasteiger partial charge in [0.25, 0.3) is 0 Å². The molecule has 2 N–H and O–H groups in total. The topological polar surface area (TPSA) is 85.6 Å². The molecule has 1 aromatic rings. The largest absolute Gasteiger partial charge is 0.382 e. The molecule has 8 heteroatoms. The molecule has 1 unspecified atom stereocenters. The van der Waals surface area contributed by atoms with Crippen LogP contribution in [-0.2, 0) is 29.0 Å². The van der Waals surface area contributed by atoms with Gasteiger partial charge in [0, 0.05) is 46.4 Å². The van der Waals surface area contributed by atoms with Crippen LogP contribution in [0, 0.1) is 5.41 Å². The van der Waals surface area contributed by atoms with E-state index >= 15 is 0 Å². The Hall–Kier alpha value is -1.67. The first-order valence-electron chi connectivity index (χ1n) is 10.6. The summed E-state index contributed by atoms with van der Waals surface area (Å²) in [6.45, 7) is 5.94. The number of aryl methyl sites for hydroxylation is 1. The fraction of sp³-hybridized carbons (Fsp3) is 0.850. The van der Waals surface area contributed by atoms with E-state index in [0.29, 0.717) is 18.1 Å². The van der Waals surface area contributed by atoms with Crippen molar-refractivity contribution in [1.29, 1.82) is 0 Å². The van der Waals surface area contributed by atoms with Gasteiger partial charge in [-0.15, -0.1) is 0 Å². The number of ether oxygens (including phenoxy) is 2. The second-order valence-corrected chi connectivity index (χ2v) is 8.02. The van der Waals surface area contributed by atoms with Crippen molar-refractivity contribution >= 4 is 5.96 Å². The Labute approximate surface area is 168 Å². The molecule has 2 heterocycles. The van der Waals surface area contributed by atoms with Crippen LogP contribution in [0.3, 0.4) is 0 Å².